The average molecular weight is 132 g/mol. The van der Waals surface area contributed by atoms with Gasteiger partial charge in [-0.2, -0.15) is 0 Å². The second kappa shape index (κ2) is 3.42. The molecule has 0 saturated carbocycles. The Hall–Kier alpha value is -0.610. The van der Waals surface area contributed by atoms with E-state index in [9.17, 15) is 4.79 Å². The molecule has 4 nitrogen and oxygen atoms in total. The van der Waals surface area contributed by atoms with Crippen molar-refractivity contribution in [3.63, 3.8) is 0 Å². The largest absolute Gasteiger partial charge is 0.480 e. The first-order chi connectivity index (χ1) is 4.04. The number of nitrogens with zero attached hydrogens (tertiary/aromatic N) is 2. The molecule has 0 atom stereocenters. The summed E-state index contributed by atoms with van der Waals surface area (Å²) in [6.07, 6.45) is 0. The predicted octanol–water partition coefficient (Wildman–Crippen LogP) is -0.521. The molecule has 0 aliphatic heterocycles. The van der Waals surface area contributed by atoms with Crippen molar-refractivity contribution in [1.82, 2.24) is 10.0 Å². The normalized spacial score (nSPS) is 10.8. The summed E-state index contributed by atoms with van der Waals surface area (Å²) in [5.41, 5.74) is 0. The van der Waals surface area contributed by atoms with Crippen molar-refractivity contribution < 1.29 is 9.90 Å². The van der Waals surface area contributed by atoms with E-state index in [4.69, 9.17) is 5.11 Å². The Balaban J connectivity index is 3.50. The van der Waals surface area contributed by atoms with E-state index in [1.165, 1.54) is 0 Å². The molecule has 0 spiro atoms. The molecule has 0 aromatic carbocycles. The molecule has 0 amide bonds. The number of hydrogen-bond donors (Lipinski definition) is 1. The van der Waals surface area contributed by atoms with Crippen LogP contribution in [0.4, 0.5) is 0 Å². The molecule has 0 radical (unpaired) electrons. The van der Waals surface area contributed by atoms with Gasteiger partial charge in [-0.15, -0.1) is 0 Å². The number of carboxylic acid groups (broad SMARTS) is 1. The molecule has 0 saturated heterocycles. The maximum absolute atomic E-state index is 10.0. The minimum Gasteiger partial charge on any atom is -0.480 e. The molecule has 0 aliphatic carbocycles. The number of aliphatic carboxylic acids is 1. The Bertz CT molecular complexity index is 103. The fourth-order valence-corrected chi connectivity index (χ4v) is 0.337. The van der Waals surface area contributed by atoms with Gasteiger partial charge in [0.15, 0.2) is 0 Å². The maximum atomic E-state index is 10.0. The molecule has 0 bridgehead atoms. The van der Waals surface area contributed by atoms with Crippen molar-refractivity contribution >= 4 is 5.97 Å². The monoisotopic (exact) mass is 132 g/mol. The zero-order valence-corrected chi connectivity index (χ0v) is 5.96. The van der Waals surface area contributed by atoms with Gasteiger partial charge in [0, 0.05) is 21.1 Å². The van der Waals surface area contributed by atoms with Gasteiger partial charge >= 0.3 is 5.97 Å². The Morgan fingerprint density at radius 3 is 2.00 bits per heavy atom. The number of likely N-dealkylation sites (N-methyl/N-ethyl adjacent to an activating group) is 1. The molecule has 4 heteroatoms. The summed E-state index contributed by atoms with van der Waals surface area (Å²) < 4.78 is 0. The van der Waals surface area contributed by atoms with Crippen LogP contribution >= 0.6 is 0 Å². The summed E-state index contributed by atoms with van der Waals surface area (Å²) >= 11 is 0. The van der Waals surface area contributed by atoms with E-state index < -0.39 is 5.97 Å². The van der Waals surface area contributed by atoms with Crippen LogP contribution in [-0.2, 0) is 4.79 Å². The van der Waals surface area contributed by atoms with Crippen molar-refractivity contribution in [2.75, 3.05) is 27.7 Å². The van der Waals surface area contributed by atoms with Crippen LogP contribution in [0.3, 0.4) is 0 Å². The lowest BCUT2D eigenvalue weighted by atomic mass is 10.6. The Morgan fingerprint density at radius 1 is 1.44 bits per heavy atom. The molecule has 0 rings (SSSR count). The molecule has 0 aliphatic rings. The minimum atomic E-state index is -0.814. The van der Waals surface area contributed by atoms with Gasteiger partial charge in [0.2, 0.25) is 0 Å². The standard InChI is InChI=1S/C5H12N2O2/c1-6(2)7(3)4-5(8)9/h4H2,1-3H3,(H,8,9). The number of hydrogen-bond acceptors (Lipinski definition) is 3. The molecule has 0 heterocycles. The molecular formula is C5H12N2O2. The van der Waals surface area contributed by atoms with Gasteiger partial charge in [-0.05, 0) is 0 Å². The van der Waals surface area contributed by atoms with E-state index >= 15 is 0 Å². The van der Waals surface area contributed by atoms with E-state index in [-0.39, 0.29) is 6.54 Å². The third-order valence-electron chi connectivity index (χ3n) is 1.05. The Kier molecular flexibility index (Phi) is 3.19. The van der Waals surface area contributed by atoms with E-state index in [2.05, 4.69) is 0 Å². The lowest BCUT2D eigenvalue weighted by Gasteiger charge is -2.21. The molecule has 0 fully saturated rings. The minimum absolute atomic E-state index is 0.0486. The molecule has 0 unspecified atom stereocenters. The van der Waals surface area contributed by atoms with Crippen molar-refractivity contribution in [3.8, 4) is 0 Å². The van der Waals surface area contributed by atoms with Crippen LogP contribution < -0.4 is 0 Å². The summed E-state index contributed by atoms with van der Waals surface area (Å²) in [6, 6.07) is 0. The van der Waals surface area contributed by atoms with Crippen molar-refractivity contribution in [1.29, 1.82) is 0 Å². The predicted molar refractivity (Wildman–Crippen MR) is 34.0 cm³/mol. The highest BCUT2D eigenvalue weighted by Gasteiger charge is 2.03. The van der Waals surface area contributed by atoms with Crippen LogP contribution in [0.2, 0.25) is 0 Å². The molecule has 0 aromatic rings. The first-order valence-corrected chi connectivity index (χ1v) is 2.64. The van der Waals surface area contributed by atoms with Gasteiger partial charge in [-0.25, -0.2) is 10.0 Å². The summed E-state index contributed by atoms with van der Waals surface area (Å²) in [4.78, 5) is 10.0. The Morgan fingerprint density at radius 2 is 1.89 bits per heavy atom. The van der Waals surface area contributed by atoms with Gasteiger partial charge in [0.05, 0.1) is 0 Å². The van der Waals surface area contributed by atoms with E-state index in [0.29, 0.717) is 0 Å². The highest BCUT2D eigenvalue weighted by atomic mass is 16.4. The van der Waals surface area contributed by atoms with Crippen LogP contribution in [0.15, 0.2) is 0 Å². The van der Waals surface area contributed by atoms with E-state index in [0.717, 1.165) is 0 Å². The highest BCUT2D eigenvalue weighted by Crippen LogP contribution is 1.82. The van der Waals surface area contributed by atoms with E-state index in [1.54, 1.807) is 31.2 Å². The lowest BCUT2D eigenvalue weighted by molar-refractivity contribution is -0.141. The second-order valence-corrected chi connectivity index (χ2v) is 2.06. The maximum Gasteiger partial charge on any atom is 0.319 e. The van der Waals surface area contributed by atoms with Crippen LogP contribution in [0.5, 0.6) is 0 Å². The van der Waals surface area contributed by atoms with Crippen LogP contribution in [0.25, 0.3) is 0 Å². The topological polar surface area (TPSA) is 43.8 Å². The second-order valence-electron chi connectivity index (χ2n) is 2.06. The number of hydrazine groups is 1. The summed E-state index contributed by atoms with van der Waals surface area (Å²) in [7, 11) is 5.31. The third-order valence-corrected chi connectivity index (χ3v) is 1.05. The smallest absolute Gasteiger partial charge is 0.319 e. The van der Waals surface area contributed by atoms with Gasteiger partial charge < -0.3 is 5.11 Å². The summed E-state index contributed by atoms with van der Waals surface area (Å²) in [6.45, 7) is 0.0486. The van der Waals surface area contributed by atoms with Crippen molar-refractivity contribution in [3.05, 3.63) is 0 Å². The number of rotatable bonds is 3. The van der Waals surface area contributed by atoms with Gasteiger partial charge in [-0.3, -0.25) is 4.79 Å². The van der Waals surface area contributed by atoms with Gasteiger partial charge in [0.1, 0.15) is 6.54 Å². The third kappa shape index (κ3) is 3.93. The quantitative estimate of drug-likeness (QED) is 0.525. The summed E-state index contributed by atoms with van der Waals surface area (Å²) in [5, 5.41) is 11.6. The molecule has 0 aromatic heterocycles. The van der Waals surface area contributed by atoms with Crippen LogP contribution in [0.1, 0.15) is 0 Å². The average Bonchev–Trinajstić information content (AvgIpc) is 1.63. The molecular weight excluding hydrogens is 120 g/mol. The van der Waals surface area contributed by atoms with Crippen LogP contribution in [0, 0.1) is 0 Å². The van der Waals surface area contributed by atoms with E-state index in [1.807, 2.05) is 0 Å². The molecule has 9 heavy (non-hydrogen) atoms. The van der Waals surface area contributed by atoms with Gasteiger partial charge in [0.25, 0.3) is 0 Å². The fourth-order valence-electron chi connectivity index (χ4n) is 0.337. The lowest BCUT2D eigenvalue weighted by Crippen LogP contribution is -2.37. The zero-order chi connectivity index (χ0) is 7.44. The SMILES string of the molecule is CN(C)N(C)CC(=O)O. The van der Waals surface area contributed by atoms with Gasteiger partial charge in [-0.1, -0.05) is 0 Å². The van der Waals surface area contributed by atoms with Crippen LogP contribution in [-0.4, -0.2) is 48.8 Å². The first kappa shape index (κ1) is 8.39. The Labute approximate surface area is 54.6 Å². The zero-order valence-electron chi connectivity index (χ0n) is 5.96. The summed E-state index contributed by atoms with van der Waals surface area (Å²) in [5.74, 6) is -0.814. The number of carboxylic acids is 1. The van der Waals surface area contributed by atoms with Crippen molar-refractivity contribution in [2.45, 2.75) is 0 Å². The number of carbonyl (C=O) groups is 1. The fraction of sp³-hybridized carbons (Fsp3) is 0.800. The first-order valence-electron chi connectivity index (χ1n) is 2.64. The molecule has 54 valence electrons. The van der Waals surface area contributed by atoms with Crippen molar-refractivity contribution in [2.24, 2.45) is 0 Å². The molecule has 1 N–H and O–H groups in total. The highest BCUT2D eigenvalue weighted by molar-refractivity contribution is 5.68.